The highest BCUT2D eigenvalue weighted by atomic mass is 32.1. The number of thiophene rings is 1. The molecule has 0 aliphatic carbocycles. The van der Waals surface area contributed by atoms with Crippen LogP contribution in [0.2, 0.25) is 0 Å². The zero-order chi connectivity index (χ0) is 21.3. The zero-order valence-corrected chi connectivity index (χ0v) is 16.7. The fraction of sp³-hybridized carbons (Fsp3) is 0.421. The van der Waals surface area contributed by atoms with Gasteiger partial charge in [0.1, 0.15) is 16.3 Å². The molecule has 1 atom stereocenters. The number of hydrogen-bond acceptors (Lipinski definition) is 7. The number of aliphatic hydroxyl groups excluding tert-OH is 1. The third-order valence-corrected chi connectivity index (χ3v) is 6.23. The third kappa shape index (κ3) is 3.99. The monoisotopic (exact) mass is 430 g/mol. The molecule has 158 valence electrons. The van der Waals surface area contributed by atoms with E-state index in [4.69, 9.17) is 15.2 Å². The SMILES string of the molecule is COC(=O)c1c(N2CCC(CO)C2)sc(-c2ccc(OC)c(C(F)(F)F)c2)c1N. The number of carbonyl (C=O) groups is 1. The minimum Gasteiger partial charge on any atom is -0.496 e. The summed E-state index contributed by atoms with van der Waals surface area (Å²) in [4.78, 5) is 14.6. The molecule has 1 aliphatic heterocycles. The van der Waals surface area contributed by atoms with Crippen molar-refractivity contribution in [2.24, 2.45) is 5.92 Å². The lowest BCUT2D eigenvalue weighted by atomic mass is 10.1. The van der Waals surface area contributed by atoms with Crippen molar-refractivity contribution in [3.05, 3.63) is 29.3 Å². The Morgan fingerprint density at radius 1 is 1.38 bits per heavy atom. The second-order valence-electron chi connectivity index (χ2n) is 6.71. The Morgan fingerprint density at radius 3 is 2.66 bits per heavy atom. The number of methoxy groups -OCH3 is 2. The van der Waals surface area contributed by atoms with Crippen molar-refractivity contribution in [1.29, 1.82) is 0 Å². The van der Waals surface area contributed by atoms with Crippen LogP contribution in [0.25, 0.3) is 10.4 Å². The van der Waals surface area contributed by atoms with E-state index in [-0.39, 0.29) is 35.1 Å². The maximum Gasteiger partial charge on any atom is 0.419 e. The average Bonchev–Trinajstić information content (AvgIpc) is 3.30. The van der Waals surface area contributed by atoms with Crippen LogP contribution in [0.4, 0.5) is 23.9 Å². The van der Waals surface area contributed by atoms with Crippen LogP contribution < -0.4 is 15.4 Å². The van der Waals surface area contributed by atoms with Gasteiger partial charge in [-0.3, -0.25) is 0 Å². The highest BCUT2D eigenvalue weighted by Gasteiger charge is 2.36. The normalized spacial score (nSPS) is 16.9. The van der Waals surface area contributed by atoms with Gasteiger partial charge in [-0.05, 0) is 30.2 Å². The van der Waals surface area contributed by atoms with E-state index in [1.165, 1.54) is 26.4 Å². The number of carbonyl (C=O) groups excluding carboxylic acids is 1. The van der Waals surface area contributed by atoms with Crippen molar-refractivity contribution < 1.29 is 32.5 Å². The highest BCUT2D eigenvalue weighted by Crippen LogP contribution is 2.47. The Morgan fingerprint density at radius 2 is 2.10 bits per heavy atom. The van der Waals surface area contributed by atoms with Gasteiger partial charge in [0.2, 0.25) is 0 Å². The first kappa shape index (κ1) is 21.3. The van der Waals surface area contributed by atoms with Crippen molar-refractivity contribution in [3.8, 4) is 16.2 Å². The van der Waals surface area contributed by atoms with Gasteiger partial charge in [-0.25, -0.2) is 4.79 Å². The summed E-state index contributed by atoms with van der Waals surface area (Å²) < 4.78 is 49.9. The van der Waals surface area contributed by atoms with E-state index >= 15 is 0 Å². The maximum absolute atomic E-state index is 13.4. The molecule has 0 bridgehead atoms. The van der Waals surface area contributed by atoms with Crippen molar-refractivity contribution in [1.82, 2.24) is 0 Å². The average molecular weight is 430 g/mol. The molecule has 3 N–H and O–H groups in total. The summed E-state index contributed by atoms with van der Waals surface area (Å²) in [5.41, 5.74) is 5.71. The molecule has 0 amide bonds. The van der Waals surface area contributed by atoms with Crippen molar-refractivity contribution >= 4 is 28.0 Å². The van der Waals surface area contributed by atoms with Gasteiger partial charge in [-0.1, -0.05) is 0 Å². The molecule has 1 unspecified atom stereocenters. The molecule has 6 nitrogen and oxygen atoms in total. The largest absolute Gasteiger partial charge is 0.496 e. The van der Waals surface area contributed by atoms with E-state index in [9.17, 15) is 23.1 Å². The van der Waals surface area contributed by atoms with Gasteiger partial charge in [0.05, 0.1) is 30.3 Å². The first-order valence-corrected chi connectivity index (χ1v) is 9.64. The predicted octanol–water partition coefficient (Wildman–Crippen LogP) is 3.63. The number of nitrogens with zero attached hydrogens (tertiary/aromatic N) is 1. The second kappa shape index (κ2) is 8.11. The number of rotatable bonds is 5. The summed E-state index contributed by atoms with van der Waals surface area (Å²) in [5, 5.41) is 9.92. The molecular weight excluding hydrogens is 409 g/mol. The lowest BCUT2D eigenvalue weighted by Crippen LogP contribution is -2.22. The molecule has 3 rings (SSSR count). The lowest BCUT2D eigenvalue weighted by Gasteiger charge is -2.17. The molecule has 2 heterocycles. The number of alkyl halides is 3. The Bertz CT molecular complexity index is 914. The number of nitrogen functional groups attached to an aromatic ring is 1. The van der Waals surface area contributed by atoms with E-state index in [0.717, 1.165) is 23.8 Å². The van der Waals surface area contributed by atoms with Crippen LogP contribution in [0.5, 0.6) is 5.75 Å². The van der Waals surface area contributed by atoms with E-state index in [1.807, 2.05) is 4.90 Å². The molecule has 1 aromatic carbocycles. The number of benzene rings is 1. The predicted molar refractivity (Wildman–Crippen MR) is 104 cm³/mol. The second-order valence-corrected chi connectivity index (χ2v) is 7.71. The molecule has 1 aliphatic rings. The van der Waals surface area contributed by atoms with Gasteiger partial charge in [0, 0.05) is 25.6 Å². The highest BCUT2D eigenvalue weighted by molar-refractivity contribution is 7.20. The molecule has 0 radical (unpaired) electrons. The van der Waals surface area contributed by atoms with Crippen LogP contribution in [0.3, 0.4) is 0 Å². The maximum atomic E-state index is 13.4. The molecule has 1 aromatic heterocycles. The number of anilines is 2. The molecule has 29 heavy (non-hydrogen) atoms. The Kier molecular flexibility index (Phi) is 5.95. The number of aliphatic hydroxyl groups is 1. The number of nitrogens with two attached hydrogens (primary N) is 1. The Balaban J connectivity index is 2.13. The summed E-state index contributed by atoms with van der Waals surface area (Å²) in [7, 11) is 2.39. The summed E-state index contributed by atoms with van der Waals surface area (Å²) in [6.07, 6.45) is -3.87. The molecule has 10 heteroatoms. The van der Waals surface area contributed by atoms with Crippen LogP contribution in [-0.2, 0) is 10.9 Å². The van der Waals surface area contributed by atoms with Crippen molar-refractivity contribution in [2.75, 3.05) is 44.5 Å². The molecule has 1 fully saturated rings. The van der Waals surface area contributed by atoms with Gasteiger partial charge >= 0.3 is 12.1 Å². The van der Waals surface area contributed by atoms with E-state index in [2.05, 4.69) is 0 Å². The van der Waals surface area contributed by atoms with Gasteiger partial charge in [-0.15, -0.1) is 11.3 Å². The number of ether oxygens (including phenoxy) is 2. The third-order valence-electron chi connectivity index (χ3n) is 4.91. The standard InChI is InChI=1S/C19H21F3N2O4S/c1-27-13-4-3-11(7-12(13)19(20,21)22)16-15(23)14(18(26)28-2)17(29-16)24-6-5-10(8-24)9-25/h3-4,7,10,25H,5-6,8-9,23H2,1-2H3. The Labute approximate surface area is 169 Å². The summed E-state index contributed by atoms with van der Waals surface area (Å²) in [5.74, 6) is -0.891. The number of hydrogen-bond donors (Lipinski definition) is 2. The van der Waals surface area contributed by atoms with Crippen molar-refractivity contribution in [2.45, 2.75) is 12.6 Å². The fourth-order valence-electron chi connectivity index (χ4n) is 3.40. The van der Waals surface area contributed by atoms with Crippen LogP contribution in [-0.4, -0.2) is 45.0 Å². The molecule has 2 aromatic rings. The smallest absolute Gasteiger partial charge is 0.419 e. The quantitative estimate of drug-likeness (QED) is 0.705. The lowest BCUT2D eigenvalue weighted by molar-refractivity contribution is -0.138. The number of esters is 1. The van der Waals surface area contributed by atoms with Gasteiger partial charge in [0.15, 0.2) is 0 Å². The zero-order valence-electron chi connectivity index (χ0n) is 15.9. The minimum atomic E-state index is -4.61. The molecule has 0 spiro atoms. The first-order chi connectivity index (χ1) is 13.7. The summed E-state index contributed by atoms with van der Waals surface area (Å²) >= 11 is 1.14. The molecule has 1 saturated heterocycles. The van der Waals surface area contributed by atoms with E-state index < -0.39 is 17.7 Å². The van der Waals surface area contributed by atoms with Crippen LogP contribution >= 0.6 is 11.3 Å². The summed E-state index contributed by atoms with van der Waals surface area (Å²) in [6, 6.07) is 3.67. The minimum absolute atomic E-state index is 0.0190. The van der Waals surface area contributed by atoms with E-state index in [1.54, 1.807) is 0 Å². The Hall–Kier alpha value is -2.46. The summed E-state index contributed by atoms with van der Waals surface area (Å²) in [6.45, 7) is 1.15. The van der Waals surface area contributed by atoms with Crippen LogP contribution in [0.1, 0.15) is 22.3 Å². The van der Waals surface area contributed by atoms with Crippen LogP contribution in [0.15, 0.2) is 18.2 Å². The molecule has 0 saturated carbocycles. The molecular formula is C19H21F3N2O4S. The van der Waals surface area contributed by atoms with E-state index in [0.29, 0.717) is 23.0 Å². The van der Waals surface area contributed by atoms with Gasteiger partial charge in [-0.2, -0.15) is 13.2 Å². The van der Waals surface area contributed by atoms with Gasteiger partial charge < -0.3 is 25.2 Å². The number of halogens is 3. The fourth-order valence-corrected chi connectivity index (χ4v) is 4.65. The van der Waals surface area contributed by atoms with Gasteiger partial charge in [0.25, 0.3) is 0 Å². The van der Waals surface area contributed by atoms with Crippen LogP contribution in [0, 0.1) is 5.92 Å². The topological polar surface area (TPSA) is 85.0 Å². The first-order valence-electron chi connectivity index (χ1n) is 8.83. The van der Waals surface area contributed by atoms with Crippen molar-refractivity contribution in [3.63, 3.8) is 0 Å².